The summed E-state index contributed by atoms with van der Waals surface area (Å²) in [5.74, 6) is 1.14. The first-order chi connectivity index (χ1) is 12.8. The summed E-state index contributed by atoms with van der Waals surface area (Å²) in [5.41, 5.74) is 2.82. The van der Waals surface area contributed by atoms with Crippen molar-refractivity contribution < 1.29 is 18.9 Å². The van der Waals surface area contributed by atoms with Gasteiger partial charge in [0.2, 0.25) is 5.88 Å². The van der Waals surface area contributed by atoms with Crippen LogP contribution in [-0.4, -0.2) is 53.9 Å². The van der Waals surface area contributed by atoms with Crippen LogP contribution in [0.4, 0.5) is 0 Å². The van der Waals surface area contributed by atoms with Gasteiger partial charge in [0, 0.05) is 43.6 Å². The van der Waals surface area contributed by atoms with E-state index in [1.54, 1.807) is 4.52 Å². The average molecular weight is 361 g/mol. The van der Waals surface area contributed by atoms with E-state index in [4.69, 9.17) is 24.0 Å². The maximum Gasteiger partial charge on any atom is 0.218 e. The Kier molecular flexibility index (Phi) is 5.67. The highest BCUT2D eigenvalue weighted by Crippen LogP contribution is 2.27. The van der Waals surface area contributed by atoms with Crippen LogP contribution in [0.25, 0.3) is 5.65 Å². The largest absolute Gasteiger partial charge is 0.475 e. The van der Waals surface area contributed by atoms with Crippen LogP contribution >= 0.6 is 0 Å². The molecule has 0 bridgehead atoms. The molecule has 2 aromatic rings. The molecule has 142 valence electrons. The molecule has 2 saturated heterocycles. The third kappa shape index (κ3) is 4.16. The molecule has 2 aromatic heterocycles. The quantitative estimate of drug-likeness (QED) is 0.737. The highest BCUT2D eigenvalue weighted by Gasteiger charge is 2.20. The zero-order valence-corrected chi connectivity index (χ0v) is 15.4. The number of fused-ring (bicyclic) bond motifs is 1. The van der Waals surface area contributed by atoms with E-state index in [1.807, 2.05) is 13.0 Å². The van der Waals surface area contributed by atoms with Gasteiger partial charge in [-0.05, 0) is 39.0 Å². The van der Waals surface area contributed by atoms with Crippen molar-refractivity contribution in [3.05, 3.63) is 23.5 Å². The standard InChI is InChI=1S/C19H27N3O4/c1-14-12-18(24-10-11-26-19-4-2-3-7-25-19)22-17(20-14)13-16(21-22)15-5-8-23-9-6-15/h12-13,15,19H,2-11H2,1H3. The molecule has 0 amide bonds. The van der Waals surface area contributed by atoms with Gasteiger partial charge in [-0.3, -0.25) is 0 Å². The SMILES string of the molecule is Cc1cc(OCCOC2CCCCO2)n2nc(C3CCOCC3)cc2n1. The molecule has 1 unspecified atom stereocenters. The Labute approximate surface area is 153 Å². The molecule has 2 aliphatic rings. The van der Waals surface area contributed by atoms with Crippen molar-refractivity contribution in [2.75, 3.05) is 33.0 Å². The maximum atomic E-state index is 5.95. The molecule has 7 nitrogen and oxygen atoms in total. The Bertz CT molecular complexity index is 721. The van der Waals surface area contributed by atoms with E-state index in [-0.39, 0.29) is 6.29 Å². The van der Waals surface area contributed by atoms with Crippen LogP contribution in [0.3, 0.4) is 0 Å². The Hall–Kier alpha value is -1.70. The second kappa shape index (κ2) is 8.33. The van der Waals surface area contributed by atoms with Gasteiger partial charge in [-0.25, -0.2) is 4.98 Å². The van der Waals surface area contributed by atoms with Gasteiger partial charge in [0.25, 0.3) is 0 Å². The fraction of sp³-hybridized carbons (Fsp3) is 0.684. The number of aromatic nitrogens is 3. The molecular formula is C19H27N3O4. The number of rotatable bonds is 6. The summed E-state index contributed by atoms with van der Waals surface area (Å²) < 4.78 is 24.5. The summed E-state index contributed by atoms with van der Waals surface area (Å²) in [6.07, 6.45) is 5.18. The van der Waals surface area contributed by atoms with Gasteiger partial charge in [-0.15, -0.1) is 0 Å². The smallest absolute Gasteiger partial charge is 0.218 e. The zero-order chi connectivity index (χ0) is 17.8. The van der Waals surface area contributed by atoms with Gasteiger partial charge in [0.1, 0.15) is 6.61 Å². The summed E-state index contributed by atoms with van der Waals surface area (Å²) in [7, 11) is 0. The van der Waals surface area contributed by atoms with Gasteiger partial charge in [-0.1, -0.05) is 0 Å². The van der Waals surface area contributed by atoms with Crippen LogP contribution in [-0.2, 0) is 14.2 Å². The molecule has 4 rings (SSSR count). The molecule has 1 atom stereocenters. The van der Waals surface area contributed by atoms with Crippen molar-refractivity contribution in [3.8, 4) is 5.88 Å². The minimum Gasteiger partial charge on any atom is -0.475 e. The van der Waals surface area contributed by atoms with Crippen molar-refractivity contribution in [1.82, 2.24) is 14.6 Å². The first-order valence-corrected chi connectivity index (χ1v) is 9.61. The molecule has 7 heteroatoms. The molecule has 26 heavy (non-hydrogen) atoms. The van der Waals surface area contributed by atoms with E-state index in [0.717, 1.165) is 69.0 Å². The Morgan fingerprint density at radius 3 is 2.81 bits per heavy atom. The first kappa shape index (κ1) is 17.7. The lowest BCUT2D eigenvalue weighted by Crippen LogP contribution is -2.24. The van der Waals surface area contributed by atoms with Crippen molar-refractivity contribution in [1.29, 1.82) is 0 Å². The summed E-state index contributed by atoms with van der Waals surface area (Å²) >= 11 is 0. The minimum absolute atomic E-state index is 0.0867. The lowest BCUT2D eigenvalue weighted by molar-refractivity contribution is -0.165. The van der Waals surface area contributed by atoms with Gasteiger partial charge in [-0.2, -0.15) is 9.61 Å². The fourth-order valence-corrected chi connectivity index (χ4v) is 3.55. The second-order valence-corrected chi connectivity index (χ2v) is 6.98. The molecule has 2 fully saturated rings. The fourth-order valence-electron chi connectivity index (χ4n) is 3.55. The molecule has 0 aromatic carbocycles. The Balaban J connectivity index is 1.41. The van der Waals surface area contributed by atoms with Crippen LogP contribution < -0.4 is 4.74 Å². The van der Waals surface area contributed by atoms with Gasteiger partial charge in [0.05, 0.1) is 12.3 Å². The highest BCUT2D eigenvalue weighted by atomic mass is 16.7. The summed E-state index contributed by atoms with van der Waals surface area (Å²) in [6.45, 7) is 5.33. The van der Waals surface area contributed by atoms with Crippen LogP contribution in [0.1, 0.15) is 49.4 Å². The van der Waals surface area contributed by atoms with Crippen LogP contribution in [0, 0.1) is 6.92 Å². The van der Waals surface area contributed by atoms with Crippen molar-refractivity contribution >= 4 is 5.65 Å². The van der Waals surface area contributed by atoms with Crippen LogP contribution in [0.2, 0.25) is 0 Å². The molecule has 0 N–H and O–H groups in total. The third-order valence-corrected chi connectivity index (χ3v) is 4.96. The summed E-state index contributed by atoms with van der Waals surface area (Å²) in [4.78, 5) is 4.59. The molecule has 2 aliphatic heterocycles. The number of hydrogen-bond donors (Lipinski definition) is 0. The summed E-state index contributed by atoms with van der Waals surface area (Å²) in [5, 5.41) is 4.75. The van der Waals surface area contributed by atoms with E-state index in [2.05, 4.69) is 11.1 Å². The lowest BCUT2D eigenvalue weighted by atomic mass is 9.97. The van der Waals surface area contributed by atoms with E-state index in [9.17, 15) is 0 Å². The number of ether oxygens (including phenoxy) is 4. The predicted octanol–water partition coefficient (Wildman–Crippen LogP) is 2.85. The van der Waals surface area contributed by atoms with E-state index >= 15 is 0 Å². The maximum absolute atomic E-state index is 5.95. The second-order valence-electron chi connectivity index (χ2n) is 6.98. The average Bonchev–Trinajstić information content (AvgIpc) is 3.11. The highest BCUT2D eigenvalue weighted by molar-refractivity contribution is 5.44. The summed E-state index contributed by atoms with van der Waals surface area (Å²) in [6, 6.07) is 3.99. The van der Waals surface area contributed by atoms with E-state index in [0.29, 0.717) is 25.0 Å². The van der Waals surface area contributed by atoms with Crippen molar-refractivity contribution in [2.45, 2.75) is 51.2 Å². The number of aryl methyl sites for hydroxylation is 1. The normalized spacial score (nSPS) is 22.0. The van der Waals surface area contributed by atoms with Crippen LogP contribution in [0.15, 0.2) is 12.1 Å². The first-order valence-electron chi connectivity index (χ1n) is 9.61. The molecule has 0 radical (unpaired) electrons. The predicted molar refractivity (Wildman–Crippen MR) is 95.6 cm³/mol. The van der Waals surface area contributed by atoms with Crippen molar-refractivity contribution in [3.63, 3.8) is 0 Å². The molecular weight excluding hydrogens is 334 g/mol. The Morgan fingerprint density at radius 1 is 1.12 bits per heavy atom. The third-order valence-electron chi connectivity index (χ3n) is 4.96. The van der Waals surface area contributed by atoms with E-state index in [1.165, 1.54) is 0 Å². The van der Waals surface area contributed by atoms with Gasteiger partial charge < -0.3 is 18.9 Å². The lowest BCUT2D eigenvalue weighted by Gasteiger charge is -2.22. The topological polar surface area (TPSA) is 67.1 Å². The van der Waals surface area contributed by atoms with Gasteiger partial charge in [0.15, 0.2) is 11.9 Å². The molecule has 0 saturated carbocycles. The molecule has 0 aliphatic carbocycles. The zero-order valence-electron chi connectivity index (χ0n) is 15.4. The van der Waals surface area contributed by atoms with E-state index < -0.39 is 0 Å². The minimum atomic E-state index is -0.0867. The monoisotopic (exact) mass is 361 g/mol. The molecule has 0 spiro atoms. The number of nitrogens with zero attached hydrogens (tertiary/aromatic N) is 3. The van der Waals surface area contributed by atoms with Gasteiger partial charge >= 0.3 is 0 Å². The number of hydrogen-bond acceptors (Lipinski definition) is 6. The Morgan fingerprint density at radius 2 is 2.00 bits per heavy atom. The molecule has 4 heterocycles. The van der Waals surface area contributed by atoms with Crippen molar-refractivity contribution in [2.24, 2.45) is 0 Å². The van der Waals surface area contributed by atoms with Crippen LogP contribution in [0.5, 0.6) is 5.88 Å².